The van der Waals surface area contributed by atoms with Crippen molar-refractivity contribution in [2.24, 2.45) is 0 Å². The molecule has 6 nitrogen and oxygen atoms in total. The molecule has 3 heterocycles. The number of likely N-dealkylation sites (tertiary alicyclic amines) is 1. The second-order valence-electron chi connectivity index (χ2n) is 6.64. The summed E-state index contributed by atoms with van der Waals surface area (Å²) in [6.45, 7) is 4.16. The molecule has 1 aromatic carbocycles. The molecule has 0 spiro atoms. The van der Waals surface area contributed by atoms with Gasteiger partial charge in [-0.3, -0.25) is 4.79 Å². The fourth-order valence-corrected chi connectivity index (χ4v) is 4.27. The molecule has 0 bridgehead atoms. The Morgan fingerprint density at radius 1 is 0.880 bits per heavy atom. The Labute approximate surface area is 151 Å². The highest BCUT2D eigenvalue weighted by Gasteiger charge is 2.28. The Morgan fingerprint density at radius 3 is 2.32 bits per heavy atom. The third kappa shape index (κ3) is 3.33. The van der Waals surface area contributed by atoms with Gasteiger partial charge in [-0.15, -0.1) is 11.3 Å². The fraction of sp³-hybridized carbons (Fsp3) is 0.500. The van der Waals surface area contributed by atoms with E-state index in [2.05, 4.69) is 4.98 Å². The fourth-order valence-electron chi connectivity index (χ4n) is 3.56. The average Bonchev–Trinajstić information content (AvgIpc) is 3.15. The molecule has 0 saturated carbocycles. The Kier molecular flexibility index (Phi) is 4.57. The number of amides is 3. The van der Waals surface area contributed by atoms with Crippen LogP contribution in [0.1, 0.15) is 29.6 Å². The largest absolute Gasteiger partial charge is 0.335 e. The van der Waals surface area contributed by atoms with E-state index >= 15 is 0 Å². The Balaban J connectivity index is 1.37. The lowest BCUT2D eigenvalue weighted by molar-refractivity contribution is 0.0633. The number of piperazine rings is 1. The highest BCUT2D eigenvalue weighted by molar-refractivity contribution is 7.16. The second-order valence-corrected chi connectivity index (χ2v) is 7.53. The van der Waals surface area contributed by atoms with Crippen LogP contribution in [0.3, 0.4) is 0 Å². The van der Waals surface area contributed by atoms with Gasteiger partial charge in [0.25, 0.3) is 5.91 Å². The van der Waals surface area contributed by atoms with Crippen LogP contribution in [0, 0.1) is 0 Å². The smallest absolute Gasteiger partial charge is 0.320 e. The molecular weight excluding hydrogens is 336 g/mol. The number of aromatic nitrogens is 1. The third-order valence-corrected chi connectivity index (χ3v) is 5.83. The molecule has 25 heavy (non-hydrogen) atoms. The summed E-state index contributed by atoms with van der Waals surface area (Å²) in [6.07, 6.45) is 3.42. The maximum atomic E-state index is 12.7. The number of rotatable bonds is 1. The van der Waals surface area contributed by atoms with Crippen LogP contribution in [0.4, 0.5) is 4.79 Å². The molecule has 0 atom stereocenters. The Hall–Kier alpha value is -2.15. The molecule has 2 aromatic rings. The molecule has 2 aliphatic heterocycles. The molecule has 7 heteroatoms. The van der Waals surface area contributed by atoms with Gasteiger partial charge in [-0.2, -0.15) is 0 Å². The zero-order valence-corrected chi connectivity index (χ0v) is 15.0. The van der Waals surface area contributed by atoms with E-state index in [4.69, 9.17) is 0 Å². The van der Waals surface area contributed by atoms with Crippen LogP contribution in [-0.2, 0) is 0 Å². The first-order valence-corrected chi connectivity index (χ1v) is 9.77. The van der Waals surface area contributed by atoms with Crippen LogP contribution in [0.2, 0.25) is 0 Å². The van der Waals surface area contributed by atoms with Gasteiger partial charge >= 0.3 is 6.03 Å². The lowest BCUT2D eigenvalue weighted by Crippen LogP contribution is -2.54. The summed E-state index contributed by atoms with van der Waals surface area (Å²) >= 11 is 1.55. The van der Waals surface area contributed by atoms with E-state index in [1.54, 1.807) is 16.8 Å². The summed E-state index contributed by atoms with van der Waals surface area (Å²) in [5.41, 5.74) is 3.43. The van der Waals surface area contributed by atoms with Gasteiger partial charge in [0, 0.05) is 44.8 Å². The summed E-state index contributed by atoms with van der Waals surface area (Å²) in [5, 5.41) is 0. The number of piperidine rings is 1. The SMILES string of the molecule is O=C(c1ccc2ncsc2c1)N1CCN(C(=O)N2CCCCC2)CC1. The summed E-state index contributed by atoms with van der Waals surface area (Å²) in [4.78, 5) is 35.2. The Morgan fingerprint density at radius 2 is 1.56 bits per heavy atom. The van der Waals surface area contributed by atoms with E-state index in [9.17, 15) is 9.59 Å². The maximum absolute atomic E-state index is 12.7. The highest BCUT2D eigenvalue weighted by atomic mass is 32.1. The molecule has 1 aromatic heterocycles. The van der Waals surface area contributed by atoms with Gasteiger partial charge in [0.1, 0.15) is 0 Å². The number of urea groups is 1. The number of thiazole rings is 1. The van der Waals surface area contributed by atoms with Crippen molar-refractivity contribution in [3.8, 4) is 0 Å². The van der Waals surface area contributed by atoms with Crippen LogP contribution in [0.5, 0.6) is 0 Å². The first-order chi connectivity index (χ1) is 12.2. The molecule has 4 rings (SSSR count). The molecule has 0 unspecified atom stereocenters. The van der Waals surface area contributed by atoms with Crippen molar-refractivity contribution in [1.29, 1.82) is 0 Å². The van der Waals surface area contributed by atoms with Crippen LogP contribution in [-0.4, -0.2) is 70.9 Å². The zero-order valence-electron chi connectivity index (χ0n) is 14.2. The number of hydrogen-bond donors (Lipinski definition) is 0. The quantitative estimate of drug-likeness (QED) is 0.787. The predicted molar refractivity (Wildman–Crippen MR) is 97.9 cm³/mol. The van der Waals surface area contributed by atoms with E-state index in [-0.39, 0.29) is 11.9 Å². The lowest BCUT2D eigenvalue weighted by Gasteiger charge is -2.38. The van der Waals surface area contributed by atoms with E-state index < -0.39 is 0 Å². The van der Waals surface area contributed by atoms with E-state index in [0.29, 0.717) is 31.7 Å². The van der Waals surface area contributed by atoms with E-state index in [0.717, 1.165) is 36.1 Å². The molecule has 2 fully saturated rings. The number of carbonyl (C=O) groups excluding carboxylic acids is 2. The highest BCUT2D eigenvalue weighted by Crippen LogP contribution is 2.21. The van der Waals surface area contributed by atoms with E-state index in [1.165, 1.54) is 6.42 Å². The van der Waals surface area contributed by atoms with Crippen molar-refractivity contribution in [3.05, 3.63) is 29.3 Å². The van der Waals surface area contributed by atoms with Gasteiger partial charge < -0.3 is 14.7 Å². The predicted octanol–water partition coefficient (Wildman–Crippen LogP) is 2.66. The van der Waals surface area contributed by atoms with Crippen molar-refractivity contribution in [3.63, 3.8) is 0 Å². The van der Waals surface area contributed by atoms with Gasteiger partial charge in [0.2, 0.25) is 0 Å². The third-order valence-electron chi connectivity index (χ3n) is 5.04. The van der Waals surface area contributed by atoms with Gasteiger partial charge in [-0.1, -0.05) is 0 Å². The first-order valence-electron chi connectivity index (χ1n) is 8.89. The first kappa shape index (κ1) is 16.3. The number of benzene rings is 1. The van der Waals surface area contributed by atoms with Gasteiger partial charge in [-0.25, -0.2) is 9.78 Å². The number of nitrogens with zero attached hydrogens (tertiary/aromatic N) is 4. The molecule has 132 valence electrons. The minimum atomic E-state index is 0.0420. The van der Waals surface area contributed by atoms with Crippen molar-refractivity contribution in [2.75, 3.05) is 39.3 Å². The number of fused-ring (bicyclic) bond motifs is 1. The van der Waals surface area contributed by atoms with Crippen LogP contribution < -0.4 is 0 Å². The standard InChI is InChI=1S/C18H22N4O2S/c23-17(14-4-5-15-16(12-14)25-13-19-15)20-8-10-22(11-9-20)18(24)21-6-2-1-3-7-21/h4-5,12-13H,1-3,6-11H2. The van der Waals surface area contributed by atoms with Crippen LogP contribution in [0.25, 0.3) is 10.2 Å². The summed E-state index contributed by atoms with van der Waals surface area (Å²) in [7, 11) is 0. The van der Waals surface area contributed by atoms with Crippen molar-refractivity contribution < 1.29 is 9.59 Å². The Bertz CT molecular complexity index is 776. The summed E-state index contributed by atoms with van der Waals surface area (Å²) < 4.78 is 1.03. The van der Waals surface area contributed by atoms with Crippen molar-refractivity contribution in [1.82, 2.24) is 19.7 Å². The molecular formula is C18H22N4O2S. The maximum Gasteiger partial charge on any atom is 0.320 e. The molecule has 3 amide bonds. The lowest BCUT2D eigenvalue weighted by atomic mass is 10.1. The summed E-state index contributed by atoms with van der Waals surface area (Å²) in [5.74, 6) is 0.0420. The molecule has 0 radical (unpaired) electrons. The summed E-state index contributed by atoms with van der Waals surface area (Å²) in [6, 6.07) is 5.80. The molecule has 2 aliphatic rings. The van der Waals surface area contributed by atoms with Crippen molar-refractivity contribution in [2.45, 2.75) is 19.3 Å². The minimum Gasteiger partial charge on any atom is -0.335 e. The van der Waals surface area contributed by atoms with Gasteiger partial charge in [0.15, 0.2) is 0 Å². The van der Waals surface area contributed by atoms with Crippen LogP contribution >= 0.6 is 11.3 Å². The second kappa shape index (κ2) is 7.00. The van der Waals surface area contributed by atoms with Gasteiger partial charge in [0.05, 0.1) is 15.7 Å². The minimum absolute atomic E-state index is 0.0420. The van der Waals surface area contributed by atoms with Crippen LogP contribution in [0.15, 0.2) is 23.7 Å². The molecule has 0 N–H and O–H groups in total. The topological polar surface area (TPSA) is 56.8 Å². The van der Waals surface area contributed by atoms with Crippen molar-refractivity contribution >= 4 is 33.5 Å². The average molecular weight is 358 g/mol. The van der Waals surface area contributed by atoms with E-state index in [1.807, 2.05) is 32.9 Å². The number of hydrogen-bond acceptors (Lipinski definition) is 4. The normalized spacial score (nSPS) is 18.6. The van der Waals surface area contributed by atoms with Gasteiger partial charge in [-0.05, 0) is 37.5 Å². The monoisotopic (exact) mass is 358 g/mol. The molecule has 0 aliphatic carbocycles. The molecule has 2 saturated heterocycles. The zero-order chi connectivity index (χ0) is 17.2. The number of carbonyl (C=O) groups is 2.